The highest BCUT2D eigenvalue weighted by Gasteiger charge is 2.68. The van der Waals surface area contributed by atoms with Crippen LogP contribution >= 0.6 is 15.9 Å². The molecule has 0 bridgehead atoms. The largest absolute Gasteiger partial charge is 1.00 e. The number of Topliss-reactive ketones (excluding diaryl/α,β-unsaturated/α-hetero) is 1. The number of benzene rings is 1. The molecule has 7 heteroatoms. The van der Waals surface area contributed by atoms with Crippen molar-refractivity contribution < 1.29 is 35.8 Å². The summed E-state index contributed by atoms with van der Waals surface area (Å²) in [6.45, 7) is 11.3. The van der Waals surface area contributed by atoms with Crippen molar-refractivity contribution in [1.82, 2.24) is 4.57 Å². The first-order valence-corrected chi connectivity index (χ1v) is 18.3. The molecule has 11 atom stereocenters. The smallest absolute Gasteiger partial charge is 0.244 e. The first kappa shape index (κ1) is 32.3. The Kier molecular flexibility index (Phi) is 8.39. The molecule has 8 rings (SSSR count). The molecular formula is C38H50Br2N2O3. The summed E-state index contributed by atoms with van der Waals surface area (Å²) in [5, 5.41) is 0. The maximum atomic E-state index is 12.9. The van der Waals surface area contributed by atoms with E-state index in [9.17, 15) is 4.79 Å². The Morgan fingerprint density at radius 1 is 1.11 bits per heavy atom. The maximum Gasteiger partial charge on any atom is 0.244 e. The first-order chi connectivity index (χ1) is 21.1. The molecular weight excluding hydrogens is 692 g/mol. The van der Waals surface area contributed by atoms with Crippen LogP contribution in [0.2, 0.25) is 0 Å². The van der Waals surface area contributed by atoms with Crippen molar-refractivity contribution in [1.29, 1.82) is 0 Å². The van der Waals surface area contributed by atoms with Crippen LogP contribution in [0, 0.1) is 46.3 Å². The van der Waals surface area contributed by atoms with Gasteiger partial charge in [-0.15, -0.1) is 0 Å². The number of nitrogens with zero attached hydrogens (tertiary/aromatic N) is 2. The maximum absolute atomic E-state index is 12.9. The summed E-state index contributed by atoms with van der Waals surface area (Å²) in [6, 6.07) is 8.16. The second-order valence-corrected chi connectivity index (χ2v) is 17.1. The molecule has 3 heterocycles. The molecule has 1 aromatic carbocycles. The van der Waals surface area contributed by atoms with Gasteiger partial charge in [-0.3, -0.25) is 4.79 Å². The van der Waals surface area contributed by atoms with Crippen LogP contribution < -0.4 is 21.5 Å². The number of allylic oxidation sites excluding steroid dienone is 2. The average Bonchev–Trinajstić information content (AvgIpc) is 3.66. The van der Waals surface area contributed by atoms with E-state index in [1.807, 2.05) is 28.8 Å². The third kappa shape index (κ3) is 5.11. The van der Waals surface area contributed by atoms with E-state index in [4.69, 9.17) is 9.47 Å². The van der Waals surface area contributed by atoms with E-state index >= 15 is 0 Å². The van der Waals surface area contributed by atoms with Gasteiger partial charge in [-0.1, -0.05) is 67.4 Å². The number of ether oxygens (including phenoxy) is 2. The van der Waals surface area contributed by atoms with Crippen molar-refractivity contribution in [3.05, 3.63) is 64.7 Å². The fourth-order valence-electron chi connectivity index (χ4n) is 11.6. The van der Waals surface area contributed by atoms with Crippen LogP contribution in [0.3, 0.4) is 0 Å². The molecule has 5 nitrogen and oxygen atoms in total. The molecule has 6 aliphatic rings. The first-order valence-electron chi connectivity index (χ1n) is 17.5. The molecule has 0 radical (unpaired) electrons. The lowest BCUT2D eigenvalue weighted by Crippen LogP contribution is -3.00. The number of carbonyl (C=O) groups is 1. The zero-order valence-electron chi connectivity index (χ0n) is 27.4. The molecule has 244 valence electrons. The van der Waals surface area contributed by atoms with Crippen LogP contribution in [0.4, 0.5) is 0 Å². The average molecular weight is 743 g/mol. The second kappa shape index (κ2) is 11.7. The molecule has 0 unspecified atom stereocenters. The molecule has 4 aliphatic carbocycles. The highest BCUT2D eigenvalue weighted by atomic mass is 79.9. The molecule has 45 heavy (non-hydrogen) atoms. The predicted molar refractivity (Wildman–Crippen MR) is 174 cm³/mol. The highest BCUT2D eigenvalue weighted by molar-refractivity contribution is 9.10. The number of fused-ring (bicyclic) bond motifs is 7. The number of carbonyl (C=O) groups excluding carboxylic acids is 1. The molecule has 1 aromatic heterocycles. The van der Waals surface area contributed by atoms with Crippen molar-refractivity contribution in [2.75, 3.05) is 6.61 Å². The summed E-state index contributed by atoms with van der Waals surface area (Å²) in [7, 11) is 0. The van der Waals surface area contributed by atoms with Gasteiger partial charge in [0.1, 0.15) is 18.4 Å². The lowest BCUT2D eigenvalue weighted by molar-refractivity contribution is -0.682. The SMILES string of the molecule is C[C@@H]1CC[C@@]2(OC1)O[C@H]1C[C@H]3[C@@H]4CC=C5C[C@H](n6cc[n+](CC(=O)c7cccc(Br)c7)c6)CC[C@]5(C)[C@H]4CC[C@]3(C)[C@H]1[C@@H]2C.[Br-]. The third-order valence-electron chi connectivity index (χ3n) is 14.0. The second-order valence-electron chi connectivity index (χ2n) is 16.1. The summed E-state index contributed by atoms with van der Waals surface area (Å²) in [6.07, 6.45) is 20.5. The number of hydrogen-bond acceptors (Lipinski definition) is 3. The Balaban J connectivity index is 0.00000325. The molecule has 5 fully saturated rings. The molecule has 0 N–H and O–H groups in total. The van der Waals surface area contributed by atoms with Gasteiger partial charge in [0.05, 0.1) is 12.7 Å². The Morgan fingerprint density at radius 2 is 1.96 bits per heavy atom. The number of hydrogen-bond donors (Lipinski definition) is 0. The summed E-state index contributed by atoms with van der Waals surface area (Å²) >= 11 is 3.49. The van der Waals surface area contributed by atoms with Gasteiger partial charge in [0.15, 0.2) is 12.3 Å². The Hall–Kier alpha value is -1.28. The van der Waals surface area contributed by atoms with Gasteiger partial charge in [0.2, 0.25) is 12.1 Å². The number of rotatable bonds is 4. The quantitative estimate of drug-likeness (QED) is 0.242. The van der Waals surface area contributed by atoms with Gasteiger partial charge in [-0.25, -0.2) is 9.13 Å². The number of ketones is 1. The lowest BCUT2D eigenvalue weighted by atomic mass is 9.46. The van der Waals surface area contributed by atoms with Crippen molar-refractivity contribution >= 4 is 21.7 Å². The Bertz CT molecular complexity index is 1480. The zero-order valence-corrected chi connectivity index (χ0v) is 30.6. The van der Waals surface area contributed by atoms with Crippen molar-refractivity contribution in [3.8, 4) is 0 Å². The van der Waals surface area contributed by atoms with Gasteiger partial charge in [-0.2, -0.15) is 0 Å². The van der Waals surface area contributed by atoms with Crippen LogP contribution in [0.15, 0.2) is 59.1 Å². The molecule has 2 aliphatic heterocycles. The van der Waals surface area contributed by atoms with Gasteiger partial charge in [0, 0.05) is 28.8 Å². The minimum absolute atomic E-state index is 0. The number of imidazole rings is 1. The van der Waals surface area contributed by atoms with Crippen LogP contribution in [-0.2, 0) is 16.0 Å². The fraction of sp³-hybridized carbons (Fsp3) is 0.684. The minimum Gasteiger partial charge on any atom is -1.00 e. The Labute approximate surface area is 288 Å². The summed E-state index contributed by atoms with van der Waals surface area (Å²) in [5.74, 6) is 3.92. The van der Waals surface area contributed by atoms with Crippen LogP contribution in [-0.4, -0.2) is 28.8 Å². The van der Waals surface area contributed by atoms with Crippen molar-refractivity contribution in [2.24, 2.45) is 46.3 Å². The van der Waals surface area contributed by atoms with Crippen molar-refractivity contribution in [3.63, 3.8) is 0 Å². The predicted octanol–water partition coefficient (Wildman–Crippen LogP) is 5.33. The van der Waals surface area contributed by atoms with Gasteiger partial charge in [0.25, 0.3) is 0 Å². The number of halogens is 2. The van der Waals surface area contributed by atoms with E-state index in [1.54, 1.807) is 5.57 Å². The standard InChI is InChI=1S/C38H50BrN2O3.BrH/c1-24-10-15-38(43-22-24)25(2)35-34(44-38)20-32-30-9-8-27-19-29(11-13-36(27,3)31(30)12-14-37(32,35)4)41-17-16-40(23-41)21-33(42)26-6-5-7-28(39)18-26;/h5-8,16-18,23-25,29-32,34-35H,9-15,19-22H2,1-4H3;1H/q+1;/p-1/t24-,25+,29-,30-,31+,32+,34+,35+,36+,37+,38-;/m1./s1. The van der Waals surface area contributed by atoms with Crippen molar-refractivity contribution in [2.45, 2.75) is 110 Å². The molecule has 0 amide bonds. The monoisotopic (exact) mass is 740 g/mol. The van der Waals surface area contributed by atoms with Crippen LogP contribution in [0.25, 0.3) is 0 Å². The summed E-state index contributed by atoms with van der Waals surface area (Å²) in [4.78, 5) is 12.9. The molecule has 3 saturated carbocycles. The summed E-state index contributed by atoms with van der Waals surface area (Å²) < 4.78 is 18.9. The van der Waals surface area contributed by atoms with E-state index in [0.29, 0.717) is 47.3 Å². The van der Waals surface area contributed by atoms with Gasteiger partial charge < -0.3 is 26.5 Å². The highest BCUT2D eigenvalue weighted by Crippen LogP contribution is 2.70. The fourth-order valence-corrected chi connectivity index (χ4v) is 12.0. The lowest BCUT2D eigenvalue weighted by Gasteiger charge is -2.58. The van der Waals surface area contributed by atoms with Crippen LogP contribution in [0.1, 0.15) is 102 Å². The van der Waals surface area contributed by atoms with E-state index in [2.05, 4.69) is 73.0 Å². The number of aromatic nitrogens is 2. The normalized spacial score (nSPS) is 43.4. The van der Waals surface area contributed by atoms with E-state index in [1.165, 1.54) is 44.9 Å². The molecule has 2 aromatic rings. The van der Waals surface area contributed by atoms with E-state index in [0.717, 1.165) is 47.2 Å². The minimum atomic E-state index is -0.320. The Morgan fingerprint density at radius 3 is 2.73 bits per heavy atom. The van der Waals surface area contributed by atoms with Crippen LogP contribution in [0.5, 0.6) is 0 Å². The van der Waals surface area contributed by atoms with E-state index < -0.39 is 0 Å². The third-order valence-corrected chi connectivity index (χ3v) is 14.4. The van der Waals surface area contributed by atoms with E-state index in [-0.39, 0.29) is 28.6 Å². The topological polar surface area (TPSA) is 44.3 Å². The zero-order chi connectivity index (χ0) is 30.4. The summed E-state index contributed by atoms with van der Waals surface area (Å²) in [5.41, 5.74) is 3.14. The van der Waals surface area contributed by atoms with Gasteiger partial charge in [-0.05, 0) is 97.5 Å². The molecule has 1 spiro atoms. The van der Waals surface area contributed by atoms with Gasteiger partial charge >= 0.3 is 0 Å². The molecule has 2 saturated heterocycles.